The summed E-state index contributed by atoms with van der Waals surface area (Å²) in [6.45, 7) is 2.59. The second kappa shape index (κ2) is 7.37. The van der Waals surface area contributed by atoms with Crippen LogP contribution in [0.1, 0.15) is 47.5 Å². The van der Waals surface area contributed by atoms with Crippen molar-refractivity contribution in [3.05, 3.63) is 35.2 Å². The van der Waals surface area contributed by atoms with Crippen molar-refractivity contribution in [1.82, 2.24) is 10.1 Å². The van der Waals surface area contributed by atoms with Crippen molar-refractivity contribution in [2.45, 2.75) is 44.6 Å². The molecule has 1 aromatic carbocycles. The standard InChI is InChI=1S/C21H25N3O4/c25-21(20-16-5-1-2-6-17(16)28-23-20)24-9-3-4-15(13-24)22-14-7-8-18-19(12-14)27-11-10-26-18/h7-8,12,15,22H,1-6,9-11,13H2/t15-/m1/s1. The molecule has 1 saturated heterocycles. The largest absolute Gasteiger partial charge is 0.486 e. The smallest absolute Gasteiger partial charge is 0.276 e. The molecule has 2 aliphatic heterocycles. The Labute approximate surface area is 164 Å². The zero-order chi connectivity index (χ0) is 18.9. The molecule has 3 heterocycles. The summed E-state index contributed by atoms with van der Waals surface area (Å²) in [4.78, 5) is 15.0. The molecule has 148 valence electrons. The molecule has 28 heavy (non-hydrogen) atoms. The average Bonchev–Trinajstić information content (AvgIpc) is 3.17. The van der Waals surface area contributed by atoms with Crippen LogP contribution in [0.3, 0.4) is 0 Å². The van der Waals surface area contributed by atoms with Crippen molar-refractivity contribution in [1.29, 1.82) is 0 Å². The summed E-state index contributed by atoms with van der Waals surface area (Å²) in [6, 6.07) is 6.11. The third-order valence-corrected chi connectivity index (χ3v) is 5.77. The van der Waals surface area contributed by atoms with Gasteiger partial charge < -0.3 is 24.2 Å². The van der Waals surface area contributed by atoms with Gasteiger partial charge in [0.05, 0.1) is 0 Å². The number of benzene rings is 1. The van der Waals surface area contributed by atoms with Crippen LogP contribution in [0.2, 0.25) is 0 Å². The van der Waals surface area contributed by atoms with E-state index in [4.69, 9.17) is 14.0 Å². The van der Waals surface area contributed by atoms with E-state index in [-0.39, 0.29) is 11.9 Å². The SMILES string of the molecule is O=C(c1noc2c1CCCC2)N1CCC[C@@H](Nc2ccc3c(c2)OCCO3)C1. The second-order valence-electron chi connectivity index (χ2n) is 7.73. The molecule has 1 aliphatic carbocycles. The molecule has 0 radical (unpaired) electrons. The number of hydrogen-bond acceptors (Lipinski definition) is 6. The molecule has 2 aromatic rings. The van der Waals surface area contributed by atoms with Crippen molar-refractivity contribution < 1.29 is 18.8 Å². The van der Waals surface area contributed by atoms with Gasteiger partial charge in [-0.1, -0.05) is 5.16 Å². The fourth-order valence-corrected chi connectivity index (χ4v) is 4.35. The van der Waals surface area contributed by atoms with E-state index in [9.17, 15) is 4.79 Å². The molecule has 0 saturated carbocycles. The maximum atomic E-state index is 13.1. The number of likely N-dealkylation sites (tertiary alicyclic amines) is 1. The van der Waals surface area contributed by atoms with E-state index < -0.39 is 0 Å². The van der Waals surface area contributed by atoms with Crippen LogP contribution in [0, 0.1) is 0 Å². The lowest BCUT2D eigenvalue weighted by Gasteiger charge is -2.33. The number of hydrogen-bond donors (Lipinski definition) is 1. The fraction of sp³-hybridized carbons (Fsp3) is 0.524. The van der Waals surface area contributed by atoms with E-state index in [2.05, 4.69) is 10.5 Å². The van der Waals surface area contributed by atoms with Gasteiger partial charge in [0.25, 0.3) is 5.91 Å². The molecule has 7 nitrogen and oxygen atoms in total. The van der Waals surface area contributed by atoms with E-state index in [1.807, 2.05) is 23.1 Å². The number of aromatic nitrogens is 1. The number of aryl methyl sites for hydroxylation is 1. The molecule has 1 fully saturated rings. The predicted octanol–water partition coefficient (Wildman–Crippen LogP) is 3.04. The number of piperidine rings is 1. The molecule has 3 aliphatic rings. The Morgan fingerprint density at radius 3 is 2.89 bits per heavy atom. The van der Waals surface area contributed by atoms with Crippen LogP contribution in [-0.2, 0) is 12.8 Å². The quantitative estimate of drug-likeness (QED) is 0.878. The Morgan fingerprint density at radius 1 is 1.11 bits per heavy atom. The molecular weight excluding hydrogens is 358 g/mol. The number of amides is 1. The van der Waals surface area contributed by atoms with Crippen LogP contribution < -0.4 is 14.8 Å². The van der Waals surface area contributed by atoms with E-state index >= 15 is 0 Å². The van der Waals surface area contributed by atoms with Crippen LogP contribution in [0.25, 0.3) is 0 Å². The number of rotatable bonds is 3. The van der Waals surface area contributed by atoms with Gasteiger partial charge in [0.1, 0.15) is 19.0 Å². The minimum atomic E-state index is 0.000532. The van der Waals surface area contributed by atoms with Crippen molar-refractivity contribution in [3.8, 4) is 11.5 Å². The van der Waals surface area contributed by atoms with Gasteiger partial charge in [0.15, 0.2) is 17.2 Å². The van der Waals surface area contributed by atoms with Crippen molar-refractivity contribution >= 4 is 11.6 Å². The lowest BCUT2D eigenvalue weighted by Crippen LogP contribution is -2.45. The Kier molecular flexibility index (Phi) is 4.58. The summed E-state index contributed by atoms with van der Waals surface area (Å²) < 4.78 is 16.7. The molecule has 5 rings (SSSR count). The number of carbonyl (C=O) groups is 1. The lowest BCUT2D eigenvalue weighted by molar-refractivity contribution is 0.0703. The van der Waals surface area contributed by atoms with Gasteiger partial charge in [-0.05, 0) is 44.2 Å². The highest BCUT2D eigenvalue weighted by Crippen LogP contribution is 2.33. The van der Waals surface area contributed by atoms with E-state index in [0.29, 0.717) is 25.5 Å². The average molecular weight is 383 g/mol. The normalized spacial score (nSPS) is 21.1. The first-order chi connectivity index (χ1) is 13.8. The number of anilines is 1. The van der Waals surface area contributed by atoms with Crippen LogP contribution in [0.15, 0.2) is 22.7 Å². The van der Waals surface area contributed by atoms with Gasteiger partial charge in [-0.3, -0.25) is 4.79 Å². The summed E-state index contributed by atoms with van der Waals surface area (Å²) >= 11 is 0. The van der Waals surface area contributed by atoms with Gasteiger partial charge in [0, 0.05) is 42.9 Å². The highest BCUT2D eigenvalue weighted by molar-refractivity contribution is 5.94. The molecule has 1 atom stereocenters. The molecule has 0 bridgehead atoms. The number of nitrogens with one attached hydrogen (secondary N) is 1. The first-order valence-corrected chi connectivity index (χ1v) is 10.2. The predicted molar refractivity (Wildman–Crippen MR) is 103 cm³/mol. The van der Waals surface area contributed by atoms with Gasteiger partial charge >= 0.3 is 0 Å². The Morgan fingerprint density at radius 2 is 1.96 bits per heavy atom. The summed E-state index contributed by atoms with van der Waals surface area (Å²) in [5.41, 5.74) is 2.54. The second-order valence-corrected chi connectivity index (χ2v) is 7.73. The van der Waals surface area contributed by atoms with Gasteiger partial charge in [-0.2, -0.15) is 0 Å². The van der Waals surface area contributed by atoms with Crippen molar-refractivity contribution in [2.24, 2.45) is 0 Å². The van der Waals surface area contributed by atoms with Crippen LogP contribution in [0.4, 0.5) is 5.69 Å². The van der Waals surface area contributed by atoms with Crippen molar-refractivity contribution in [3.63, 3.8) is 0 Å². The van der Waals surface area contributed by atoms with Gasteiger partial charge in [-0.25, -0.2) is 0 Å². The summed E-state index contributed by atoms with van der Waals surface area (Å²) in [7, 11) is 0. The topological polar surface area (TPSA) is 76.8 Å². The van der Waals surface area contributed by atoms with Gasteiger partial charge in [0.2, 0.25) is 0 Å². The lowest BCUT2D eigenvalue weighted by atomic mass is 9.95. The molecule has 7 heteroatoms. The van der Waals surface area contributed by atoms with Crippen LogP contribution in [0.5, 0.6) is 11.5 Å². The maximum Gasteiger partial charge on any atom is 0.276 e. The third kappa shape index (κ3) is 3.30. The van der Waals surface area contributed by atoms with Crippen LogP contribution in [-0.4, -0.2) is 48.3 Å². The first-order valence-electron chi connectivity index (χ1n) is 10.2. The molecule has 1 N–H and O–H groups in total. The molecule has 0 spiro atoms. The molecule has 1 aromatic heterocycles. The van der Waals surface area contributed by atoms with Crippen molar-refractivity contribution in [2.75, 3.05) is 31.6 Å². The Bertz CT molecular complexity index is 879. The fourth-order valence-electron chi connectivity index (χ4n) is 4.35. The molecular formula is C21H25N3O4. The van der Waals surface area contributed by atoms with E-state index in [0.717, 1.165) is 73.6 Å². The highest BCUT2D eigenvalue weighted by atomic mass is 16.6. The zero-order valence-corrected chi connectivity index (χ0v) is 15.9. The monoisotopic (exact) mass is 383 g/mol. The van der Waals surface area contributed by atoms with Gasteiger partial charge in [-0.15, -0.1) is 0 Å². The van der Waals surface area contributed by atoms with E-state index in [1.54, 1.807) is 0 Å². The summed E-state index contributed by atoms with van der Waals surface area (Å²) in [6.07, 6.45) is 5.99. The number of nitrogens with zero attached hydrogens (tertiary/aromatic N) is 2. The number of carbonyl (C=O) groups excluding carboxylic acids is 1. The number of ether oxygens (including phenoxy) is 2. The highest BCUT2D eigenvalue weighted by Gasteiger charge is 2.30. The minimum Gasteiger partial charge on any atom is -0.486 e. The van der Waals surface area contributed by atoms with Crippen LogP contribution >= 0.6 is 0 Å². The molecule has 0 unspecified atom stereocenters. The van der Waals surface area contributed by atoms with E-state index in [1.165, 1.54) is 0 Å². The maximum absolute atomic E-state index is 13.1. The zero-order valence-electron chi connectivity index (χ0n) is 15.9. The third-order valence-electron chi connectivity index (χ3n) is 5.77. The number of fused-ring (bicyclic) bond motifs is 2. The Balaban J connectivity index is 1.27. The Hall–Kier alpha value is -2.70. The summed E-state index contributed by atoms with van der Waals surface area (Å²) in [5.74, 6) is 2.46. The molecule has 1 amide bonds. The summed E-state index contributed by atoms with van der Waals surface area (Å²) in [5, 5.41) is 7.66. The first kappa shape index (κ1) is 17.4. The minimum absolute atomic E-state index is 0.000532.